The number of ether oxygens (including phenoxy) is 2. The molecule has 2 aliphatic heterocycles. The lowest BCUT2D eigenvalue weighted by Crippen LogP contribution is -2.53. The Morgan fingerprint density at radius 2 is 2.00 bits per heavy atom. The average Bonchev–Trinajstić information content (AvgIpc) is 3.25. The van der Waals surface area contributed by atoms with Crippen LogP contribution < -0.4 is 14.4 Å². The SMILES string of the molecule is CO[C@@]1(C[C@@H](O)c2ccccn2)/C=C/C[C@H](C)[C@@H](C)S(=O)(=O)NC(=O)c2ccc3c(c2)N(C[C@@H]2CC[C@H]21)C[C@@]1(CCCc2cc(Cl)ccc21)CO3. The highest BCUT2D eigenvalue weighted by Gasteiger charge is 2.50. The summed E-state index contributed by atoms with van der Waals surface area (Å²) in [6, 6.07) is 16.9. The number of aliphatic hydroxyl groups excluding tert-OH is 1. The number of rotatable bonds is 4. The molecule has 1 aromatic heterocycles. The number of amides is 1. The Hall–Kier alpha value is -3.44. The molecule has 2 bridgehead atoms. The third-order valence-corrected chi connectivity index (χ3v) is 14.3. The van der Waals surface area contributed by atoms with Crippen molar-refractivity contribution in [2.24, 2.45) is 17.8 Å². The fourth-order valence-electron chi connectivity index (χ4n) is 8.86. The molecule has 0 unspecified atom stereocenters. The molecule has 0 saturated heterocycles. The van der Waals surface area contributed by atoms with Crippen LogP contribution in [-0.2, 0) is 26.6 Å². The average molecular weight is 734 g/mol. The molecule has 2 N–H and O–H groups in total. The van der Waals surface area contributed by atoms with Gasteiger partial charge in [0.05, 0.1) is 34.9 Å². The van der Waals surface area contributed by atoms with Crippen molar-refractivity contribution in [3.8, 4) is 5.75 Å². The summed E-state index contributed by atoms with van der Waals surface area (Å²) in [6.45, 7) is 5.30. The first-order chi connectivity index (χ1) is 24.4. The number of methoxy groups -OCH3 is 1. The van der Waals surface area contributed by atoms with Crippen LogP contribution in [0.25, 0.3) is 0 Å². The van der Waals surface area contributed by atoms with Crippen molar-refractivity contribution in [2.75, 3.05) is 31.7 Å². The Bertz CT molecular complexity index is 1910. The van der Waals surface area contributed by atoms with Crippen molar-refractivity contribution < 1.29 is 27.8 Å². The summed E-state index contributed by atoms with van der Waals surface area (Å²) in [7, 11) is -2.30. The number of aliphatic hydroxyl groups is 1. The molecule has 1 saturated carbocycles. The molecule has 1 amide bonds. The fraction of sp³-hybridized carbons (Fsp3) is 0.500. The molecular weight excluding hydrogens is 686 g/mol. The first-order valence-electron chi connectivity index (χ1n) is 18.1. The largest absolute Gasteiger partial charge is 0.490 e. The Morgan fingerprint density at radius 3 is 2.75 bits per heavy atom. The summed E-state index contributed by atoms with van der Waals surface area (Å²) < 4.78 is 42.5. The smallest absolute Gasteiger partial charge is 0.264 e. The fourth-order valence-corrected chi connectivity index (χ4v) is 10.3. The molecule has 4 aliphatic rings. The molecule has 7 rings (SSSR count). The van der Waals surface area contributed by atoms with Crippen molar-refractivity contribution in [1.29, 1.82) is 0 Å². The van der Waals surface area contributed by atoms with Gasteiger partial charge in [-0.3, -0.25) is 9.78 Å². The number of sulfonamides is 1. The predicted molar refractivity (Wildman–Crippen MR) is 199 cm³/mol. The highest BCUT2D eigenvalue weighted by Crippen LogP contribution is 2.51. The quantitative estimate of drug-likeness (QED) is 0.282. The summed E-state index contributed by atoms with van der Waals surface area (Å²) >= 11 is 6.47. The molecule has 2 aliphatic carbocycles. The Labute approximate surface area is 306 Å². The van der Waals surface area contributed by atoms with E-state index in [0.29, 0.717) is 44.0 Å². The van der Waals surface area contributed by atoms with Crippen LogP contribution in [0.1, 0.15) is 85.7 Å². The van der Waals surface area contributed by atoms with Crippen molar-refractivity contribution >= 4 is 33.2 Å². The van der Waals surface area contributed by atoms with Gasteiger partial charge in [0, 0.05) is 48.8 Å². The third-order valence-electron chi connectivity index (χ3n) is 12.2. The Balaban J connectivity index is 1.33. The van der Waals surface area contributed by atoms with E-state index < -0.39 is 32.9 Å². The molecule has 3 aromatic rings. The van der Waals surface area contributed by atoms with E-state index >= 15 is 0 Å². The van der Waals surface area contributed by atoms with Gasteiger partial charge in [-0.15, -0.1) is 0 Å². The lowest BCUT2D eigenvalue weighted by atomic mass is 9.62. The van der Waals surface area contributed by atoms with Crippen LogP contribution in [0.5, 0.6) is 5.75 Å². The molecule has 0 radical (unpaired) electrons. The second-order valence-corrected chi connectivity index (χ2v) is 17.6. The second-order valence-electron chi connectivity index (χ2n) is 15.2. The first kappa shape index (κ1) is 35.9. The number of hydrogen-bond acceptors (Lipinski definition) is 8. The molecule has 2 aromatic carbocycles. The maximum Gasteiger partial charge on any atom is 0.264 e. The summed E-state index contributed by atoms with van der Waals surface area (Å²) in [4.78, 5) is 20.4. The number of carbonyl (C=O) groups is 1. The summed E-state index contributed by atoms with van der Waals surface area (Å²) in [5.41, 5.74) is 2.94. The van der Waals surface area contributed by atoms with Gasteiger partial charge in [-0.1, -0.05) is 42.8 Å². The standard InChI is InChI=1S/C40H48ClN3O6S/c1-26-8-6-18-40(49-3,22-36(45)34-10-4-5-19-42-34)33-14-11-30(33)23-44-24-39(17-7-9-28-20-31(41)13-15-32(28)39)25-50-37-16-12-29(21-35(37)44)38(46)43-51(47,48)27(26)2/h4-6,10,12-13,15-16,18-21,26-27,30,33,36,45H,7-9,11,14,17,22-25H2,1-3H3,(H,43,46)/b18-6+/t26-,27+,30-,33+,36+,39-,40+/m0/s1. The number of anilines is 1. The van der Waals surface area contributed by atoms with Crippen LogP contribution in [0.4, 0.5) is 5.69 Å². The van der Waals surface area contributed by atoms with E-state index in [2.05, 4.69) is 32.8 Å². The normalized spacial score (nSPS) is 31.5. The van der Waals surface area contributed by atoms with Gasteiger partial charge in [0.2, 0.25) is 10.0 Å². The van der Waals surface area contributed by atoms with Crippen LogP contribution in [0, 0.1) is 17.8 Å². The van der Waals surface area contributed by atoms with Gasteiger partial charge in [0.1, 0.15) is 5.75 Å². The molecule has 9 nitrogen and oxygen atoms in total. The predicted octanol–water partition coefficient (Wildman–Crippen LogP) is 6.79. The third kappa shape index (κ3) is 6.92. The van der Waals surface area contributed by atoms with Crippen LogP contribution in [0.2, 0.25) is 5.02 Å². The highest BCUT2D eigenvalue weighted by molar-refractivity contribution is 7.90. The minimum absolute atomic E-state index is 0.0639. The number of halogens is 1. The van der Waals surface area contributed by atoms with Gasteiger partial charge >= 0.3 is 0 Å². The van der Waals surface area contributed by atoms with Gasteiger partial charge in [-0.05, 0) is 117 Å². The second kappa shape index (κ2) is 14.2. The van der Waals surface area contributed by atoms with Gasteiger partial charge in [0.15, 0.2) is 0 Å². The van der Waals surface area contributed by atoms with E-state index in [0.717, 1.165) is 42.8 Å². The lowest BCUT2D eigenvalue weighted by molar-refractivity contribution is -0.0992. The number of aromatic nitrogens is 1. The van der Waals surface area contributed by atoms with E-state index in [9.17, 15) is 18.3 Å². The van der Waals surface area contributed by atoms with Gasteiger partial charge < -0.3 is 19.5 Å². The number of nitrogens with one attached hydrogen (secondary N) is 1. The first-order valence-corrected chi connectivity index (χ1v) is 20.0. The van der Waals surface area contributed by atoms with E-state index in [1.807, 2.05) is 37.3 Å². The number of aryl methyl sites for hydroxylation is 1. The lowest BCUT2D eigenvalue weighted by Gasteiger charge is -2.51. The molecule has 51 heavy (non-hydrogen) atoms. The maximum atomic E-state index is 13.6. The number of hydrogen-bond donors (Lipinski definition) is 2. The van der Waals surface area contributed by atoms with E-state index in [-0.39, 0.29) is 28.7 Å². The number of fused-ring (bicyclic) bond motifs is 4. The molecule has 11 heteroatoms. The van der Waals surface area contributed by atoms with Crippen LogP contribution in [0.3, 0.4) is 0 Å². The minimum atomic E-state index is -4.00. The highest BCUT2D eigenvalue weighted by atomic mass is 35.5. The molecule has 1 spiro atoms. The molecule has 7 atom stereocenters. The maximum absolute atomic E-state index is 13.6. The zero-order chi connectivity index (χ0) is 36.0. The van der Waals surface area contributed by atoms with Crippen molar-refractivity contribution in [3.05, 3.63) is 100 Å². The van der Waals surface area contributed by atoms with E-state index in [4.69, 9.17) is 21.1 Å². The van der Waals surface area contributed by atoms with Crippen LogP contribution in [0.15, 0.2) is 72.9 Å². The topological polar surface area (TPSA) is 118 Å². The Kier molecular flexibility index (Phi) is 9.99. The number of benzene rings is 2. The van der Waals surface area contributed by atoms with Gasteiger partial charge in [-0.25, -0.2) is 13.1 Å². The number of allylic oxidation sites excluding steroid dienone is 1. The van der Waals surface area contributed by atoms with Crippen molar-refractivity contribution in [3.63, 3.8) is 0 Å². The molecule has 1 fully saturated rings. The molecule has 272 valence electrons. The van der Waals surface area contributed by atoms with Gasteiger partial charge in [-0.2, -0.15) is 0 Å². The van der Waals surface area contributed by atoms with Gasteiger partial charge in [0.25, 0.3) is 5.91 Å². The molecule has 3 heterocycles. The van der Waals surface area contributed by atoms with Crippen LogP contribution >= 0.6 is 11.6 Å². The zero-order valence-electron chi connectivity index (χ0n) is 29.6. The summed E-state index contributed by atoms with van der Waals surface area (Å²) in [5.74, 6) is -0.0282. The number of carbonyl (C=O) groups excluding carboxylic acids is 1. The van der Waals surface area contributed by atoms with Crippen molar-refractivity contribution in [1.82, 2.24) is 9.71 Å². The van der Waals surface area contributed by atoms with Crippen molar-refractivity contribution in [2.45, 2.75) is 81.2 Å². The molecular formula is C40H48ClN3O6S. The Morgan fingerprint density at radius 1 is 1.16 bits per heavy atom. The summed E-state index contributed by atoms with van der Waals surface area (Å²) in [5, 5.41) is 11.4. The number of pyridine rings is 1. The summed E-state index contributed by atoms with van der Waals surface area (Å²) in [6.07, 6.45) is 10.4. The van der Waals surface area contributed by atoms with E-state index in [1.54, 1.807) is 38.4 Å². The zero-order valence-corrected chi connectivity index (χ0v) is 31.1. The van der Waals surface area contributed by atoms with Crippen LogP contribution in [-0.4, -0.2) is 62.1 Å². The number of nitrogens with zero attached hydrogens (tertiary/aromatic N) is 2. The minimum Gasteiger partial charge on any atom is -0.490 e. The van der Waals surface area contributed by atoms with E-state index in [1.165, 1.54) is 11.1 Å². The monoisotopic (exact) mass is 733 g/mol.